The Labute approximate surface area is 202 Å². The molecule has 0 bridgehead atoms. The molecule has 7 nitrogen and oxygen atoms in total. The van der Waals surface area contributed by atoms with Crippen molar-refractivity contribution in [1.82, 2.24) is 10.2 Å². The molecule has 1 heterocycles. The molecule has 0 spiro atoms. The summed E-state index contributed by atoms with van der Waals surface area (Å²) in [5.74, 6) is 1.48. The van der Waals surface area contributed by atoms with Crippen molar-refractivity contribution in [2.24, 2.45) is 10.7 Å². The summed E-state index contributed by atoms with van der Waals surface area (Å²) in [6, 6.07) is 11.7. The van der Waals surface area contributed by atoms with E-state index in [0.29, 0.717) is 34.2 Å². The van der Waals surface area contributed by atoms with Gasteiger partial charge in [0, 0.05) is 32.4 Å². The largest absolute Gasteiger partial charge is 0.497 e. The number of methoxy groups -OCH3 is 2. The highest BCUT2D eigenvalue weighted by molar-refractivity contribution is 6.02. The number of hydrogen-bond donors (Lipinski definition) is 3. The van der Waals surface area contributed by atoms with Crippen LogP contribution in [0.1, 0.15) is 16.7 Å². The molecule has 0 amide bonds. The summed E-state index contributed by atoms with van der Waals surface area (Å²) in [5.41, 5.74) is 7.80. The first kappa shape index (κ1) is 26.3. The van der Waals surface area contributed by atoms with Crippen LogP contribution in [0.25, 0.3) is 11.3 Å². The van der Waals surface area contributed by atoms with E-state index >= 15 is 0 Å². The van der Waals surface area contributed by atoms with Crippen LogP contribution in [0.5, 0.6) is 5.75 Å². The van der Waals surface area contributed by atoms with Gasteiger partial charge in [-0.25, -0.2) is 4.99 Å². The minimum atomic E-state index is -4.48. The molecular weight excluding hydrogens is 461 g/mol. The summed E-state index contributed by atoms with van der Waals surface area (Å²) in [7, 11) is 4.83. The highest BCUT2D eigenvalue weighted by Crippen LogP contribution is 2.32. The Bertz CT molecular complexity index is 1110. The van der Waals surface area contributed by atoms with Gasteiger partial charge in [0.1, 0.15) is 17.4 Å². The van der Waals surface area contributed by atoms with Crippen LogP contribution < -0.4 is 15.8 Å². The van der Waals surface area contributed by atoms with Crippen LogP contribution in [0, 0.1) is 0 Å². The van der Waals surface area contributed by atoms with Gasteiger partial charge < -0.3 is 30.5 Å². The second-order valence-corrected chi connectivity index (χ2v) is 7.93. The van der Waals surface area contributed by atoms with Crippen molar-refractivity contribution in [3.05, 3.63) is 77.1 Å². The first-order valence-electron chi connectivity index (χ1n) is 10.9. The zero-order valence-corrected chi connectivity index (χ0v) is 19.8. The van der Waals surface area contributed by atoms with Crippen LogP contribution in [0.2, 0.25) is 0 Å². The molecule has 1 atom stereocenters. The molecule has 1 unspecified atom stereocenters. The van der Waals surface area contributed by atoms with Gasteiger partial charge in [0.05, 0.1) is 37.6 Å². The Kier molecular flexibility index (Phi) is 8.55. The lowest BCUT2D eigenvalue weighted by molar-refractivity contribution is -0.137. The number of rotatable bonds is 8. The van der Waals surface area contributed by atoms with Crippen LogP contribution >= 0.6 is 0 Å². The molecule has 0 aromatic heterocycles. The molecule has 1 aliphatic heterocycles. The second-order valence-electron chi connectivity index (χ2n) is 7.93. The standard InChI is InChI=1S/C25H29F3N4O3/c1-32(11-12-33)22-14-21(17-5-4-6-18(13-17)25(26,27)28)30-24(31-22)23(20(29)15-34-2)16-7-9-19(35-3)10-8-16/h4-10,13-14,20,30,33H,11-12,15,29H2,1-3H3/b24-23+. The van der Waals surface area contributed by atoms with E-state index in [-0.39, 0.29) is 19.8 Å². The predicted molar refractivity (Wildman–Crippen MR) is 129 cm³/mol. The molecule has 2 aromatic carbocycles. The molecule has 35 heavy (non-hydrogen) atoms. The molecule has 0 fully saturated rings. The van der Waals surface area contributed by atoms with Crippen molar-refractivity contribution in [3.8, 4) is 5.75 Å². The quantitative estimate of drug-likeness (QED) is 0.526. The van der Waals surface area contributed by atoms with E-state index < -0.39 is 17.8 Å². The maximum atomic E-state index is 13.4. The molecule has 0 aliphatic carbocycles. The number of benzene rings is 2. The van der Waals surface area contributed by atoms with E-state index in [1.54, 1.807) is 43.3 Å². The zero-order valence-electron chi connectivity index (χ0n) is 19.8. The average molecular weight is 491 g/mol. The summed E-state index contributed by atoms with van der Waals surface area (Å²) >= 11 is 0. The lowest BCUT2D eigenvalue weighted by atomic mass is 9.98. The fourth-order valence-corrected chi connectivity index (χ4v) is 3.63. The average Bonchev–Trinajstić information content (AvgIpc) is 2.84. The van der Waals surface area contributed by atoms with Crippen molar-refractivity contribution in [2.75, 3.05) is 41.0 Å². The topological polar surface area (TPSA) is 92.3 Å². The zero-order chi connectivity index (χ0) is 25.6. The number of nitrogens with zero attached hydrogens (tertiary/aromatic N) is 2. The Hall–Kier alpha value is -3.34. The number of hydrogen-bond acceptors (Lipinski definition) is 7. The van der Waals surface area contributed by atoms with E-state index in [2.05, 4.69) is 5.32 Å². The minimum Gasteiger partial charge on any atom is -0.497 e. The van der Waals surface area contributed by atoms with E-state index in [1.807, 2.05) is 12.1 Å². The number of halogens is 3. The van der Waals surface area contributed by atoms with Crippen molar-refractivity contribution >= 4 is 17.1 Å². The number of alkyl halides is 3. The number of ether oxygens (including phenoxy) is 2. The normalized spacial score (nSPS) is 16.1. The van der Waals surface area contributed by atoms with Gasteiger partial charge in [0.15, 0.2) is 0 Å². The molecule has 4 N–H and O–H groups in total. The maximum Gasteiger partial charge on any atom is 0.416 e. The van der Waals surface area contributed by atoms with E-state index in [0.717, 1.165) is 17.7 Å². The molecule has 10 heteroatoms. The summed E-state index contributed by atoms with van der Waals surface area (Å²) < 4.78 is 50.6. The van der Waals surface area contributed by atoms with Crippen molar-refractivity contribution in [2.45, 2.75) is 12.2 Å². The number of likely N-dealkylation sites (N-methyl/N-ethyl adjacent to an activating group) is 1. The third-order valence-corrected chi connectivity index (χ3v) is 5.45. The van der Waals surface area contributed by atoms with Crippen molar-refractivity contribution in [1.29, 1.82) is 0 Å². The number of amidine groups is 1. The van der Waals surface area contributed by atoms with E-state index in [4.69, 9.17) is 20.2 Å². The van der Waals surface area contributed by atoms with Crippen LogP contribution in [0.3, 0.4) is 0 Å². The van der Waals surface area contributed by atoms with Crippen molar-refractivity contribution < 1.29 is 27.8 Å². The molecule has 0 saturated heterocycles. The Morgan fingerprint density at radius 2 is 1.89 bits per heavy atom. The van der Waals surface area contributed by atoms with Crippen LogP contribution in [-0.4, -0.2) is 62.9 Å². The van der Waals surface area contributed by atoms with Gasteiger partial charge in [-0.05, 0) is 35.4 Å². The number of aliphatic hydroxyl groups is 1. The van der Waals surface area contributed by atoms with Crippen LogP contribution in [0.15, 0.2) is 65.4 Å². The molecular formula is C25H29F3N4O3. The van der Waals surface area contributed by atoms with Gasteiger partial charge in [-0.1, -0.05) is 24.3 Å². The van der Waals surface area contributed by atoms with E-state index in [9.17, 15) is 18.3 Å². The number of nitrogens with one attached hydrogen (secondary N) is 1. The monoisotopic (exact) mass is 490 g/mol. The Morgan fingerprint density at radius 1 is 1.17 bits per heavy atom. The lowest BCUT2D eigenvalue weighted by Crippen LogP contribution is -2.35. The summed E-state index contributed by atoms with van der Waals surface area (Å²) in [5, 5.41) is 12.6. The van der Waals surface area contributed by atoms with Crippen molar-refractivity contribution in [3.63, 3.8) is 0 Å². The highest BCUT2D eigenvalue weighted by Gasteiger charge is 2.31. The first-order chi connectivity index (χ1) is 16.7. The third kappa shape index (κ3) is 6.41. The molecule has 3 rings (SSSR count). The van der Waals surface area contributed by atoms with E-state index in [1.165, 1.54) is 13.2 Å². The second kappa shape index (κ2) is 11.4. The SMILES string of the molecule is COCC(N)/C(=C1/N=C(N(C)CCO)C=C(c2cccc(C(F)(F)F)c2)N1)c1ccc(OC)cc1. The molecule has 0 radical (unpaired) electrons. The van der Waals surface area contributed by atoms with Gasteiger partial charge in [0.25, 0.3) is 0 Å². The Morgan fingerprint density at radius 3 is 2.49 bits per heavy atom. The smallest absolute Gasteiger partial charge is 0.416 e. The van der Waals surface area contributed by atoms with Gasteiger partial charge in [0.2, 0.25) is 0 Å². The van der Waals surface area contributed by atoms with Gasteiger partial charge >= 0.3 is 6.18 Å². The lowest BCUT2D eigenvalue weighted by Gasteiger charge is -2.27. The number of aliphatic imine (C=N–C) groups is 1. The number of aliphatic hydroxyl groups excluding tert-OH is 1. The molecule has 188 valence electrons. The predicted octanol–water partition coefficient (Wildman–Crippen LogP) is 3.32. The van der Waals surface area contributed by atoms with Gasteiger partial charge in [-0.3, -0.25) is 0 Å². The number of nitrogens with two attached hydrogens (primary N) is 1. The summed E-state index contributed by atoms with van der Waals surface area (Å²) in [4.78, 5) is 6.41. The highest BCUT2D eigenvalue weighted by atomic mass is 19.4. The first-order valence-corrected chi connectivity index (χ1v) is 10.9. The molecule has 2 aromatic rings. The van der Waals surface area contributed by atoms with Gasteiger partial charge in [-0.15, -0.1) is 0 Å². The van der Waals surface area contributed by atoms with Gasteiger partial charge in [-0.2, -0.15) is 13.2 Å². The fraction of sp³-hybridized carbons (Fsp3) is 0.320. The third-order valence-electron chi connectivity index (χ3n) is 5.45. The maximum absolute atomic E-state index is 13.4. The van der Waals surface area contributed by atoms with Crippen LogP contribution in [-0.2, 0) is 10.9 Å². The molecule has 0 saturated carbocycles. The summed E-state index contributed by atoms with van der Waals surface area (Å²) in [6.07, 6.45) is -2.84. The fourth-order valence-electron chi connectivity index (χ4n) is 3.63. The Balaban J connectivity index is 2.18. The summed E-state index contributed by atoms with van der Waals surface area (Å²) in [6.45, 7) is 0.343. The molecule has 1 aliphatic rings. The van der Waals surface area contributed by atoms with Crippen LogP contribution in [0.4, 0.5) is 13.2 Å². The minimum absolute atomic E-state index is 0.122.